The summed E-state index contributed by atoms with van der Waals surface area (Å²) in [5.74, 6) is -0.352. The van der Waals surface area contributed by atoms with Gasteiger partial charge in [0, 0.05) is 36.0 Å². The zero-order valence-corrected chi connectivity index (χ0v) is 18.7. The molecule has 32 heavy (non-hydrogen) atoms. The van der Waals surface area contributed by atoms with Crippen molar-refractivity contribution in [2.45, 2.75) is 95.2 Å². The number of hydrogen-bond acceptors (Lipinski definition) is 3. The molecule has 3 aliphatic carbocycles. The number of rotatable bonds is 6. The van der Waals surface area contributed by atoms with Crippen LogP contribution in [0.15, 0.2) is 24.3 Å². The average molecular weight is 439 g/mol. The molecular formula is C26H34N2O4. The second-order valence-corrected chi connectivity index (χ2v) is 10.1. The molecule has 1 N–H and O–H groups in total. The van der Waals surface area contributed by atoms with E-state index in [1.165, 1.54) is 6.42 Å². The monoisotopic (exact) mass is 438 g/mol. The van der Waals surface area contributed by atoms with Crippen LogP contribution in [0.1, 0.15) is 88.7 Å². The molecular weight excluding hydrogens is 404 g/mol. The highest BCUT2D eigenvalue weighted by Crippen LogP contribution is 2.53. The molecule has 5 rings (SSSR count). The van der Waals surface area contributed by atoms with Crippen molar-refractivity contribution in [3.8, 4) is 0 Å². The number of carboxylic acids is 1. The van der Waals surface area contributed by atoms with Crippen molar-refractivity contribution in [3.05, 3.63) is 29.8 Å². The van der Waals surface area contributed by atoms with Crippen LogP contribution in [0, 0.1) is 11.8 Å². The number of anilines is 1. The van der Waals surface area contributed by atoms with Gasteiger partial charge in [-0.3, -0.25) is 14.4 Å². The average Bonchev–Trinajstić information content (AvgIpc) is 3.53. The van der Waals surface area contributed by atoms with E-state index in [0.29, 0.717) is 0 Å². The fourth-order valence-electron chi connectivity index (χ4n) is 6.49. The zero-order chi connectivity index (χ0) is 22.2. The number of hydrogen-bond donors (Lipinski definition) is 1. The van der Waals surface area contributed by atoms with Gasteiger partial charge in [0.15, 0.2) is 0 Å². The minimum absolute atomic E-state index is 0.0482. The Morgan fingerprint density at radius 1 is 0.906 bits per heavy atom. The SMILES string of the molecule is O=C(O)CCC(=O)N(C1CC1)[C@H]1c2ccccc2N(C(=O)C2CCCCC2)[C@@H]2CCC[C@@H]21. The highest BCUT2D eigenvalue weighted by molar-refractivity contribution is 5.97. The maximum absolute atomic E-state index is 13.8. The standard InChI is InChI=1S/C26H34N2O4/c29-23(15-16-24(30)31)27(18-13-14-18)25-19-9-4-5-11-21(19)28(22-12-6-10-20(22)25)26(32)17-7-2-1-3-8-17/h4-5,9,11,17-18,20,22,25H,1-3,6-8,10,12-16H2,(H,30,31)/t20-,22+,25-/m0/s1. The van der Waals surface area contributed by atoms with Gasteiger partial charge < -0.3 is 14.9 Å². The van der Waals surface area contributed by atoms with Gasteiger partial charge in [-0.2, -0.15) is 0 Å². The minimum Gasteiger partial charge on any atom is -0.481 e. The van der Waals surface area contributed by atoms with E-state index in [2.05, 4.69) is 17.0 Å². The van der Waals surface area contributed by atoms with Crippen molar-refractivity contribution < 1.29 is 19.5 Å². The van der Waals surface area contributed by atoms with E-state index < -0.39 is 5.97 Å². The summed E-state index contributed by atoms with van der Waals surface area (Å²) >= 11 is 0. The molecule has 1 aromatic carbocycles. The Labute approximate surface area is 190 Å². The van der Waals surface area contributed by atoms with E-state index in [-0.39, 0.29) is 54.6 Å². The number of para-hydroxylation sites is 1. The largest absolute Gasteiger partial charge is 0.481 e. The quantitative estimate of drug-likeness (QED) is 0.700. The Kier molecular flexibility index (Phi) is 5.95. The molecule has 1 heterocycles. The predicted molar refractivity (Wildman–Crippen MR) is 121 cm³/mol. The van der Waals surface area contributed by atoms with Crippen molar-refractivity contribution in [1.82, 2.24) is 4.90 Å². The molecule has 6 nitrogen and oxygen atoms in total. The Morgan fingerprint density at radius 2 is 1.66 bits per heavy atom. The maximum atomic E-state index is 13.8. The van der Waals surface area contributed by atoms with E-state index >= 15 is 0 Å². The molecule has 3 atom stereocenters. The van der Waals surface area contributed by atoms with Crippen molar-refractivity contribution in [3.63, 3.8) is 0 Å². The van der Waals surface area contributed by atoms with Crippen molar-refractivity contribution in [2.24, 2.45) is 11.8 Å². The first kappa shape index (κ1) is 21.5. The third-order valence-electron chi connectivity index (χ3n) is 8.06. The summed E-state index contributed by atoms with van der Waals surface area (Å²) in [5.41, 5.74) is 2.06. The van der Waals surface area contributed by atoms with E-state index in [0.717, 1.165) is 69.0 Å². The van der Waals surface area contributed by atoms with Gasteiger partial charge in [0.25, 0.3) is 0 Å². The maximum Gasteiger partial charge on any atom is 0.303 e. The van der Waals surface area contributed by atoms with Crippen LogP contribution in [-0.2, 0) is 14.4 Å². The molecule has 1 aliphatic heterocycles. The number of carbonyl (C=O) groups is 3. The van der Waals surface area contributed by atoms with Crippen LogP contribution >= 0.6 is 0 Å². The number of nitrogens with zero attached hydrogens (tertiary/aromatic N) is 2. The summed E-state index contributed by atoms with van der Waals surface area (Å²) in [6.07, 6.45) is 10.4. The number of fused-ring (bicyclic) bond motifs is 2. The summed E-state index contributed by atoms with van der Waals surface area (Å²) in [4.78, 5) is 42.3. The lowest BCUT2D eigenvalue weighted by molar-refractivity contribution is -0.143. The number of aliphatic carboxylic acids is 1. The molecule has 6 heteroatoms. The molecule has 0 aromatic heterocycles. The highest BCUT2D eigenvalue weighted by Gasteiger charge is 2.51. The second-order valence-electron chi connectivity index (χ2n) is 10.1. The van der Waals surface area contributed by atoms with Gasteiger partial charge in [-0.25, -0.2) is 0 Å². The molecule has 172 valence electrons. The lowest BCUT2D eigenvalue weighted by atomic mass is 9.79. The second kappa shape index (κ2) is 8.87. The van der Waals surface area contributed by atoms with Crippen molar-refractivity contribution >= 4 is 23.5 Å². The van der Waals surface area contributed by atoms with E-state index in [9.17, 15) is 14.4 Å². The highest BCUT2D eigenvalue weighted by atomic mass is 16.4. The van der Waals surface area contributed by atoms with E-state index in [4.69, 9.17) is 5.11 Å². The molecule has 0 saturated heterocycles. The molecule has 0 spiro atoms. The van der Waals surface area contributed by atoms with Gasteiger partial charge in [-0.05, 0) is 50.2 Å². The Balaban J connectivity index is 1.51. The lowest BCUT2D eigenvalue weighted by Crippen LogP contribution is -2.54. The first-order valence-corrected chi connectivity index (χ1v) is 12.5. The molecule has 0 radical (unpaired) electrons. The Hall–Kier alpha value is -2.37. The number of carbonyl (C=O) groups excluding carboxylic acids is 2. The number of benzene rings is 1. The smallest absolute Gasteiger partial charge is 0.303 e. The zero-order valence-electron chi connectivity index (χ0n) is 18.7. The minimum atomic E-state index is -0.930. The van der Waals surface area contributed by atoms with E-state index in [1.807, 2.05) is 17.0 Å². The first-order chi connectivity index (χ1) is 15.6. The normalized spacial score (nSPS) is 27.5. The molecule has 4 aliphatic rings. The van der Waals surface area contributed by atoms with Gasteiger partial charge in [0.2, 0.25) is 11.8 Å². The van der Waals surface area contributed by atoms with Gasteiger partial charge in [0.05, 0.1) is 12.5 Å². The van der Waals surface area contributed by atoms with Crippen LogP contribution in [-0.4, -0.2) is 39.9 Å². The summed E-state index contributed by atoms with van der Waals surface area (Å²) in [6.45, 7) is 0. The molecule has 3 fully saturated rings. The fraction of sp³-hybridized carbons (Fsp3) is 0.654. The van der Waals surface area contributed by atoms with Crippen LogP contribution < -0.4 is 4.90 Å². The topological polar surface area (TPSA) is 77.9 Å². The third-order valence-corrected chi connectivity index (χ3v) is 8.06. The lowest BCUT2D eigenvalue weighted by Gasteiger charge is -2.48. The van der Waals surface area contributed by atoms with Crippen molar-refractivity contribution in [1.29, 1.82) is 0 Å². The number of carboxylic acid groups (broad SMARTS) is 1. The Morgan fingerprint density at radius 3 is 2.38 bits per heavy atom. The van der Waals surface area contributed by atoms with Gasteiger partial charge in [-0.1, -0.05) is 43.9 Å². The summed E-state index contributed by atoms with van der Waals surface area (Å²) in [7, 11) is 0. The van der Waals surface area contributed by atoms with E-state index in [1.54, 1.807) is 0 Å². The summed E-state index contributed by atoms with van der Waals surface area (Å²) in [5, 5.41) is 9.12. The molecule has 0 unspecified atom stereocenters. The van der Waals surface area contributed by atoms with Crippen LogP contribution in [0.25, 0.3) is 0 Å². The molecule has 3 saturated carbocycles. The molecule has 1 aromatic rings. The summed E-state index contributed by atoms with van der Waals surface area (Å²) in [6, 6.07) is 8.45. The van der Waals surface area contributed by atoms with Gasteiger partial charge in [0.1, 0.15) is 0 Å². The molecule has 0 bridgehead atoms. The summed E-state index contributed by atoms with van der Waals surface area (Å²) < 4.78 is 0. The van der Waals surface area contributed by atoms with Crippen LogP contribution in [0.3, 0.4) is 0 Å². The fourth-order valence-corrected chi connectivity index (χ4v) is 6.49. The van der Waals surface area contributed by atoms with Crippen LogP contribution in [0.2, 0.25) is 0 Å². The number of amides is 2. The van der Waals surface area contributed by atoms with Crippen molar-refractivity contribution in [2.75, 3.05) is 4.90 Å². The Bertz CT molecular complexity index is 890. The first-order valence-electron chi connectivity index (χ1n) is 12.5. The third kappa shape index (κ3) is 3.93. The van der Waals surface area contributed by atoms with Crippen LogP contribution in [0.4, 0.5) is 5.69 Å². The van der Waals surface area contributed by atoms with Gasteiger partial charge >= 0.3 is 5.97 Å². The van der Waals surface area contributed by atoms with Crippen LogP contribution in [0.5, 0.6) is 0 Å². The molecule has 2 amide bonds. The predicted octanol–water partition coefficient (Wildman–Crippen LogP) is 4.68. The van der Waals surface area contributed by atoms with Gasteiger partial charge in [-0.15, -0.1) is 0 Å².